The van der Waals surface area contributed by atoms with E-state index in [1.165, 1.54) is 13.8 Å². The predicted octanol–water partition coefficient (Wildman–Crippen LogP) is 3.40. The van der Waals surface area contributed by atoms with E-state index in [1.54, 1.807) is 0 Å². The molecule has 0 aliphatic heterocycles. The average molecular weight is 291 g/mol. The molecule has 1 atom stereocenters. The number of benzene rings is 1. The maximum atomic E-state index is 12.9. The fourth-order valence-corrected chi connectivity index (χ4v) is 1.35. The van der Waals surface area contributed by atoms with E-state index in [0.29, 0.717) is 0 Å². The van der Waals surface area contributed by atoms with Crippen molar-refractivity contribution >= 4 is 11.7 Å². The molecular formula is C12H12F3NO4. The third kappa shape index (κ3) is 3.94. The highest BCUT2D eigenvalue weighted by Gasteiger charge is 2.44. The number of hydrogen-bond donors (Lipinski definition) is 0. The number of esters is 1. The second-order valence-corrected chi connectivity index (χ2v) is 4.36. The molecule has 1 unspecified atom stereocenters. The zero-order valence-electron chi connectivity index (χ0n) is 10.7. The first-order valence-electron chi connectivity index (χ1n) is 5.64. The Balaban J connectivity index is 3.05. The Morgan fingerprint density at radius 3 is 2.10 bits per heavy atom. The first-order chi connectivity index (χ1) is 9.12. The van der Waals surface area contributed by atoms with Gasteiger partial charge in [0.2, 0.25) is 6.10 Å². The van der Waals surface area contributed by atoms with Gasteiger partial charge in [0.05, 0.1) is 10.8 Å². The molecule has 0 spiro atoms. The molecule has 1 aromatic carbocycles. The standard InChI is InChI=1S/C12H12F3NO4/c1-7(2)11(17)20-10(12(13,14)15)8-3-5-9(6-4-8)16(18)19/h3-7,10H,1-2H3. The van der Waals surface area contributed by atoms with Gasteiger partial charge in [0, 0.05) is 17.7 Å². The van der Waals surface area contributed by atoms with E-state index in [1.807, 2.05) is 0 Å². The molecule has 0 aliphatic rings. The van der Waals surface area contributed by atoms with E-state index in [2.05, 4.69) is 4.74 Å². The van der Waals surface area contributed by atoms with E-state index in [9.17, 15) is 28.1 Å². The molecule has 8 heteroatoms. The van der Waals surface area contributed by atoms with Crippen molar-refractivity contribution in [3.63, 3.8) is 0 Å². The fraction of sp³-hybridized carbons (Fsp3) is 0.417. The lowest BCUT2D eigenvalue weighted by Crippen LogP contribution is -2.27. The van der Waals surface area contributed by atoms with Crippen molar-refractivity contribution in [3.8, 4) is 0 Å². The Kier molecular flexibility index (Phi) is 4.69. The van der Waals surface area contributed by atoms with Gasteiger partial charge in [-0.15, -0.1) is 0 Å². The minimum absolute atomic E-state index is 0.343. The van der Waals surface area contributed by atoms with Gasteiger partial charge in [0.25, 0.3) is 5.69 Å². The van der Waals surface area contributed by atoms with Crippen LogP contribution in [0.3, 0.4) is 0 Å². The lowest BCUT2D eigenvalue weighted by Gasteiger charge is -2.21. The number of carbonyl (C=O) groups excluding carboxylic acids is 1. The summed E-state index contributed by atoms with van der Waals surface area (Å²) in [7, 11) is 0. The number of ether oxygens (including phenoxy) is 1. The van der Waals surface area contributed by atoms with E-state index in [-0.39, 0.29) is 11.3 Å². The topological polar surface area (TPSA) is 69.4 Å². The summed E-state index contributed by atoms with van der Waals surface area (Å²) in [5, 5.41) is 10.4. The molecule has 0 saturated heterocycles. The third-order valence-electron chi connectivity index (χ3n) is 2.41. The predicted molar refractivity (Wildman–Crippen MR) is 62.8 cm³/mol. The van der Waals surface area contributed by atoms with E-state index in [4.69, 9.17) is 0 Å². The van der Waals surface area contributed by atoms with Crippen molar-refractivity contribution in [2.24, 2.45) is 5.92 Å². The molecule has 0 N–H and O–H groups in total. The van der Waals surface area contributed by atoms with Gasteiger partial charge in [-0.05, 0) is 12.1 Å². The van der Waals surface area contributed by atoms with Crippen LogP contribution in [0.25, 0.3) is 0 Å². The summed E-state index contributed by atoms with van der Waals surface area (Å²) in [4.78, 5) is 21.0. The molecule has 20 heavy (non-hydrogen) atoms. The van der Waals surface area contributed by atoms with Gasteiger partial charge < -0.3 is 4.74 Å². The number of rotatable bonds is 4. The Labute approximate surface area is 112 Å². The van der Waals surface area contributed by atoms with Crippen LogP contribution >= 0.6 is 0 Å². The lowest BCUT2D eigenvalue weighted by atomic mass is 10.1. The molecule has 5 nitrogen and oxygen atoms in total. The van der Waals surface area contributed by atoms with Crippen LogP contribution in [0.5, 0.6) is 0 Å². The third-order valence-corrected chi connectivity index (χ3v) is 2.41. The summed E-state index contributed by atoms with van der Waals surface area (Å²) < 4.78 is 43.1. The molecule has 0 heterocycles. The van der Waals surface area contributed by atoms with Gasteiger partial charge in [-0.2, -0.15) is 13.2 Å². The van der Waals surface area contributed by atoms with Crippen molar-refractivity contribution in [3.05, 3.63) is 39.9 Å². The largest absolute Gasteiger partial charge is 0.448 e. The number of non-ortho nitro benzene ring substituents is 1. The SMILES string of the molecule is CC(C)C(=O)OC(c1ccc([N+](=O)[O-])cc1)C(F)(F)F. The second-order valence-electron chi connectivity index (χ2n) is 4.36. The maximum Gasteiger partial charge on any atom is 0.429 e. The normalized spacial score (nSPS) is 13.1. The number of alkyl halides is 3. The summed E-state index contributed by atoms with van der Waals surface area (Å²) >= 11 is 0. The van der Waals surface area contributed by atoms with Gasteiger partial charge >= 0.3 is 12.1 Å². The van der Waals surface area contributed by atoms with Gasteiger partial charge in [-0.3, -0.25) is 14.9 Å². The summed E-state index contributed by atoms with van der Waals surface area (Å²) in [5.74, 6) is -1.71. The quantitative estimate of drug-likeness (QED) is 0.484. The molecule has 0 aromatic heterocycles. The molecule has 0 aliphatic carbocycles. The molecular weight excluding hydrogens is 279 g/mol. The molecule has 0 saturated carbocycles. The van der Waals surface area contributed by atoms with Crippen LogP contribution in [-0.4, -0.2) is 17.1 Å². The molecule has 1 aromatic rings. The number of nitro benzene ring substituents is 1. The van der Waals surface area contributed by atoms with Crippen LogP contribution in [0.2, 0.25) is 0 Å². The number of halogens is 3. The van der Waals surface area contributed by atoms with Crippen molar-refractivity contribution in [1.29, 1.82) is 0 Å². The average Bonchev–Trinajstić information content (AvgIpc) is 2.34. The Morgan fingerprint density at radius 2 is 1.75 bits per heavy atom. The Hall–Kier alpha value is -2.12. The molecule has 0 amide bonds. The highest BCUT2D eigenvalue weighted by molar-refractivity contribution is 5.71. The Morgan fingerprint density at radius 1 is 1.25 bits per heavy atom. The molecule has 0 fully saturated rings. The van der Waals surface area contributed by atoms with Crippen molar-refractivity contribution < 1.29 is 27.6 Å². The van der Waals surface area contributed by atoms with Crippen LogP contribution in [0, 0.1) is 16.0 Å². The first kappa shape index (κ1) is 15.9. The minimum Gasteiger partial charge on any atom is -0.448 e. The first-order valence-corrected chi connectivity index (χ1v) is 5.64. The van der Waals surface area contributed by atoms with Crippen LogP contribution in [0.1, 0.15) is 25.5 Å². The fourth-order valence-electron chi connectivity index (χ4n) is 1.35. The van der Waals surface area contributed by atoms with Crippen LogP contribution in [-0.2, 0) is 9.53 Å². The van der Waals surface area contributed by atoms with Gasteiger partial charge in [0.1, 0.15) is 0 Å². The molecule has 0 bridgehead atoms. The monoisotopic (exact) mass is 291 g/mol. The van der Waals surface area contributed by atoms with Gasteiger partial charge in [0.15, 0.2) is 0 Å². The smallest absolute Gasteiger partial charge is 0.429 e. The van der Waals surface area contributed by atoms with Crippen LogP contribution in [0.15, 0.2) is 24.3 Å². The van der Waals surface area contributed by atoms with Gasteiger partial charge in [-0.25, -0.2) is 0 Å². The number of hydrogen-bond acceptors (Lipinski definition) is 4. The van der Waals surface area contributed by atoms with Crippen molar-refractivity contribution in [1.82, 2.24) is 0 Å². The maximum absolute atomic E-state index is 12.9. The number of carbonyl (C=O) groups is 1. The molecule has 110 valence electrons. The minimum atomic E-state index is -4.79. The number of nitrogens with zero attached hydrogens (tertiary/aromatic N) is 1. The van der Waals surface area contributed by atoms with Crippen molar-refractivity contribution in [2.75, 3.05) is 0 Å². The van der Waals surface area contributed by atoms with Crippen molar-refractivity contribution in [2.45, 2.75) is 26.1 Å². The lowest BCUT2D eigenvalue weighted by molar-refractivity contribution is -0.384. The highest BCUT2D eigenvalue weighted by atomic mass is 19.4. The molecule has 0 radical (unpaired) electrons. The summed E-state index contributed by atoms with van der Waals surface area (Å²) in [6.45, 7) is 2.82. The highest BCUT2D eigenvalue weighted by Crippen LogP contribution is 2.36. The Bertz CT molecular complexity index is 496. The summed E-state index contributed by atoms with van der Waals surface area (Å²) in [6.07, 6.45) is -7.22. The van der Waals surface area contributed by atoms with E-state index in [0.717, 1.165) is 24.3 Å². The van der Waals surface area contributed by atoms with Crippen LogP contribution in [0.4, 0.5) is 18.9 Å². The van der Waals surface area contributed by atoms with Crippen LogP contribution < -0.4 is 0 Å². The van der Waals surface area contributed by atoms with E-state index >= 15 is 0 Å². The molecule has 1 rings (SSSR count). The van der Waals surface area contributed by atoms with E-state index < -0.39 is 29.1 Å². The zero-order valence-corrected chi connectivity index (χ0v) is 10.7. The number of nitro groups is 1. The zero-order chi connectivity index (χ0) is 15.5. The van der Waals surface area contributed by atoms with Gasteiger partial charge in [-0.1, -0.05) is 13.8 Å². The second kappa shape index (κ2) is 5.89. The summed E-state index contributed by atoms with van der Waals surface area (Å²) in [5.41, 5.74) is -0.707. The summed E-state index contributed by atoms with van der Waals surface area (Å²) in [6, 6.07) is 3.70.